The summed E-state index contributed by atoms with van der Waals surface area (Å²) in [5.74, 6) is -7.48. The van der Waals surface area contributed by atoms with Gasteiger partial charge in [0, 0.05) is 5.69 Å². The van der Waals surface area contributed by atoms with E-state index < -0.39 is 34.7 Å². The quantitative estimate of drug-likeness (QED) is 0.836. The molecule has 21 heavy (non-hydrogen) atoms. The molecule has 0 aliphatic carbocycles. The monoisotopic (exact) mass is 292 g/mol. The number of phenolic OH excluding ortho intramolecular Hbond substituents is 1. The molecule has 2 aromatic rings. The van der Waals surface area contributed by atoms with Crippen LogP contribution in [0.1, 0.15) is 15.9 Å². The maximum Gasteiger partial charge on any atom is 0.258 e. The van der Waals surface area contributed by atoms with Gasteiger partial charge < -0.3 is 10.4 Å². The van der Waals surface area contributed by atoms with E-state index in [1.807, 2.05) is 6.07 Å². The summed E-state index contributed by atoms with van der Waals surface area (Å²) in [7, 11) is 0. The molecule has 0 radical (unpaired) electrons. The average Bonchev–Trinajstić information content (AvgIpc) is 2.49. The van der Waals surface area contributed by atoms with Gasteiger partial charge in [-0.25, -0.2) is 8.78 Å². The van der Waals surface area contributed by atoms with Crippen LogP contribution in [-0.2, 0) is 0 Å². The van der Waals surface area contributed by atoms with Gasteiger partial charge in [-0.05, 0) is 30.3 Å². The number of rotatable bonds is 2. The first-order valence-corrected chi connectivity index (χ1v) is 5.62. The number of phenols is 1. The number of benzene rings is 2. The number of aromatic hydroxyl groups is 1. The van der Waals surface area contributed by atoms with Gasteiger partial charge in [-0.1, -0.05) is 0 Å². The van der Waals surface area contributed by atoms with Gasteiger partial charge in [-0.2, -0.15) is 9.65 Å². The first-order valence-electron chi connectivity index (χ1n) is 5.62. The molecule has 0 unspecified atom stereocenters. The lowest BCUT2D eigenvalue weighted by Crippen LogP contribution is -2.15. The highest BCUT2D eigenvalue weighted by atomic mass is 19.2. The van der Waals surface area contributed by atoms with Gasteiger partial charge in [-0.3, -0.25) is 4.79 Å². The summed E-state index contributed by atoms with van der Waals surface area (Å²) < 4.78 is 39.6. The highest BCUT2D eigenvalue weighted by Crippen LogP contribution is 2.26. The molecule has 0 heterocycles. The fourth-order valence-corrected chi connectivity index (χ4v) is 1.58. The summed E-state index contributed by atoms with van der Waals surface area (Å²) in [6, 6.07) is 7.81. The molecule has 0 saturated heterocycles. The van der Waals surface area contributed by atoms with E-state index in [2.05, 4.69) is 5.32 Å². The molecule has 2 rings (SSSR count). The van der Waals surface area contributed by atoms with Crippen LogP contribution in [0.4, 0.5) is 18.9 Å². The van der Waals surface area contributed by atoms with Crippen LogP contribution in [-0.4, -0.2) is 11.0 Å². The predicted octanol–water partition coefficient (Wildman–Crippen LogP) is 2.93. The zero-order chi connectivity index (χ0) is 15.6. The summed E-state index contributed by atoms with van der Waals surface area (Å²) >= 11 is 0. The van der Waals surface area contributed by atoms with Gasteiger partial charge in [0.2, 0.25) is 5.82 Å². The number of halogens is 3. The Morgan fingerprint density at radius 2 is 1.76 bits per heavy atom. The number of amides is 1. The van der Waals surface area contributed by atoms with E-state index >= 15 is 0 Å². The fraction of sp³-hybridized carbons (Fsp3) is 0. The zero-order valence-corrected chi connectivity index (χ0v) is 10.3. The van der Waals surface area contributed by atoms with Gasteiger partial charge in [0.1, 0.15) is 0 Å². The van der Waals surface area contributed by atoms with Crippen molar-refractivity contribution in [2.75, 3.05) is 5.32 Å². The lowest BCUT2D eigenvalue weighted by atomic mass is 10.1. The van der Waals surface area contributed by atoms with E-state index in [1.54, 1.807) is 0 Å². The largest absolute Gasteiger partial charge is 0.503 e. The molecule has 2 N–H and O–H groups in total. The zero-order valence-electron chi connectivity index (χ0n) is 10.3. The second kappa shape index (κ2) is 5.54. The van der Waals surface area contributed by atoms with Gasteiger partial charge >= 0.3 is 0 Å². The van der Waals surface area contributed by atoms with Crippen LogP contribution in [0.15, 0.2) is 30.3 Å². The van der Waals surface area contributed by atoms with E-state index in [1.165, 1.54) is 24.3 Å². The van der Waals surface area contributed by atoms with Crippen molar-refractivity contribution in [3.63, 3.8) is 0 Å². The van der Waals surface area contributed by atoms with Crippen molar-refractivity contribution in [1.82, 2.24) is 0 Å². The third kappa shape index (κ3) is 2.79. The molecule has 0 fully saturated rings. The minimum atomic E-state index is -1.76. The van der Waals surface area contributed by atoms with E-state index in [0.29, 0.717) is 11.6 Å². The Balaban J connectivity index is 2.30. The number of hydrogen-bond donors (Lipinski definition) is 2. The van der Waals surface area contributed by atoms with Crippen molar-refractivity contribution in [2.45, 2.75) is 0 Å². The number of anilines is 1. The van der Waals surface area contributed by atoms with Crippen LogP contribution in [0.3, 0.4) is 0 Å². The number of hydrogen-bond acceptors (Lipinski definition) is 3. The molecule has 4 nitrogen and oxygen atoms in total. The topological polar surface area (TPSA) is 73.1 Å². The molecular weight excluding hydrogens is 285 g/mol. The molecule has 0 bridgehead atoms. The standard InChI is InChI=1S/C14H7F3N2O2/c15-10-5-9(11(16)13(20)12(10)17)14(21)19-8-3-1-7(6-18)2-4-8/h1-5,20H,(H,19,21). The van der Waals surface area contributed by atoms with Crippen LogP contribution < -0.4 is 5.32 Å². The minimum Gasteiger partial charge on any atom is -0.503 e. The molecule has 0 aromatic heterocycles. The van der Waals surface area contributed by atoms with Crippen molar-refractivity contribution in [3.8, 4) is 11.8 Å². The molecule has 0 aliphatic rings. The first-order chi connectivity index (χ1) is 9.93. The maximum atomic E-state index is 13.6. The van der Waals surface area contributed by atoms with Crippen LogP contribution >= 0.6 is 0 Å². The Bertz CT molecular complexity index is 752. The molecule has 2 aromatic carbocycles. The highest BCUT2D eigenvalue weighted by Gasteiger charge is 2.22. The Kier molecular flexibility index (Phi) is 3.80. The number of carbonyl (C=O) groups excluding carboxylic acids is 1. The van der Waals surface area contributed by atoms with E-state index in [4.69, 9.17) is 10.4 Å². The normalized spacial score (nSPS) is 10.0. The lowest BCUT2D eigenvalue weighted by molar-refractivity contribution is 0.102. The van der Waals surface area contributed by atoms with Crippen LogP contribution in [0.5, 0.6) is 5.75 Å². The van der Waals surface area contributed by atoms with Gasteiger partial charge in [0.15, 0.2) is 17.4 Å². The predicted molar refractivity (Wildman–Crippen MR) is 67.1 cm³/mol. The lowest BCUT2D eigenvalue weighted by Gasteiger charge is -2.08. The van der Waals surface area contributed by atoms with Crippen molar-refractivity contribution >= 4 is 11.6 Å². The number of nitrogens with zero attached hydrogens (tertiary/aromatic N) is 1. The van der Waals surface area contributed by atoms with Crippen LogP contribution in [0.25, 0.3) is 0 Å². The Labute approximate surface area is 117 Å². The van der Waals surface area contributed by atoms with Crippen molar-refractivity contribution < 1.29 is 23.1 Å². The molecule has 106 valence electrons. The smallest absolute Gasteiger partial charge is 0.258 e. The summed E-state index contributed by atoms with van der Waals surface area (Å²) in [6.45, 7) is 0. The average molecular weight is 292 g/mol. The van der Waals surface area contributed by atoms with E-state index in [9.17, 15) is 18.0 Å². The highest BCUT2D eigenvalue weighted by molar-refractivity contribution is 6.04. The summed E-state index contributed by atoms with van der Waals surface area (Å²) in [5.41, 5.74) is -0.261. The van der Waals surface area contributed by atoms with Crippen molar-refractivity contribution in [1.29, 1.82) is 5.26 Å². The van der Waals surface area contributed by atoms with Crippen molar-refractivity contribution in [3.05, 3.63) is 58.9 Å². The van der Waals surface area contributed by atoms with E-state index in [-0.39, 0.29) is 5.69 Å². The fourth-order valence-electron chi connectivity index (χ4n) is 1.58. The second-order valence-corrected chi connectivity index (χ2v) is 4.03. The number of nitriles is 1. The number of carbonyl (C=O) groups is 1. The molecule has 7 heteroatoms. The van der Waals surface area contributed by atoms with Crippen LogP contribution in [0, 0.1) is 28.8 Å². The summed E-state index contributed by atoms with van der Waals surface area (Å²) in [4.78, 5) is 11.8. The number of nitrogens with one attached hydrogen (secondary N) is 1. The first kappa shape index (κ1) is 14.4. The Morgan fingerprint density at radius 3 is 2.33 bits per heavy atom. The van der Waals surface area contributed by atoms with Gasteiger partial charge in [0.05, 0.1) is 17.2 Å². The SMILES string of the molecule is N#Cc1ccc(NC(=O)c2cc(F)c(F)c(O)c2F)cc1. The maximum absolute atomic E-state index is 13.6. The molecule has 0 atom stereocenters. The van der Waals surface area contributed by atoms with Crippen LogP contribution in [0.2, 0.25) is 0 Å². The van der Waals surface area contributed by atoms with E-state index in [0.717, 1.165) is 0 Å². The molecule has 0 spiro atoms. The van der Waals surface area contributed by atoms with Gasteiger partial charge in [-0.15, -0.1) is 0 Å². The van der Waals surface area contributed by atoms with Gasteiger partial charge in [0.25, 0.3) is 5.91 Å². The Hall–Kier alpha value is -3.01. The summed E-state index contributed by atoms with van der Waals surface area (Å²) in [6.07, 6.45) is 0. The van der Waals surface area contributed by atoms with Crippen molar-refractivity contribution in [2.24, 2.45) is 0 Å². The molecule has 0 saturated carbocycles. The third-order valence-electron chi connectivity index (χ3n) is 2.65. The minimum absolute atomic E-state index is 0.225. The summed E-state index contributed by atoms with van der Waals surface area (Å²) in [5, 5.41) is 19.9. The second-order valence-electron chi connectivity index (χ2n) is 4.03. The molecule has 0 aliphatic heterocycles. The Morgan fingerprint density at radius 1 is 1.14 bits per heavy atom. The third-order valence-corrected chi connectivity index (χ3v) is 2.65. The molecule has 1 amide bonds. The molecular formula is C14H7F3N2O2.